The standard InChI is InChI=1S/C12H15N3O4/c1-8(16)13-6-5-10-3-4-11(14-9(2)17)12(7-10)15(18)19/h3-4,7H,5-6H2,1-2H3,(H,13,16)(H,14,17). The van der Waals surface area contributed by atoms with Crippen LogP contribution in [0.3, 0.4) is 0 Å². The molecule has 0 saturated heterocycles. The molecule has 0 heterocycles. The predicted octanol–water partition coefficient (Wildman–Crippen LogP) is 1.23. The molecule has 0 radical (unpaired) electrons. The number of rotatable bonds is 5. The summed E-state index contributed by atoms with van der Waals surface area (Å²) in [5.74, 6) is -0.515. The maximum absolute atomic E-state index is 10.9. The number of hydrogen-bond acceptors (Lipinski definition) is 4. The number of nitrogens with zero attached hydrogens (tertiary/aromatic N) is 1. The molecule has 0 saturated carbocycles. The fourth-order valence-electron chi connectivity index (χ4n) is 1.56. The summed E-state index contributed by atoms with van der Waals surface area (Å²) in [5.41, 5.74) is 0.728. The van der Waals surface area contributed by atoms with Crippen LogP contribution in [0, 0.1) is 10.1 Å². The highest BCUT2D eigenvalue weighted by Gasteiger charge is 2.15. The first-order valence-corrected chi connectivity index (χ1v) is 5.69. The van der Waals surface area contributed by atoms with E-state index in [1.807, 2.05) is 0 Å². The first-order valence-electron chi connectivity index (χ1n) is 5.69. The molecule has 102 valence electrons. The van der Waals surface area contributed by atoms with Gasteiger partial charge in [0.1, 0.15) is 5.69 Å². The Balaban J connectivity index is 2.86. The Hall–Kier alpha value is -2.44. The number of nitro groups is 1. The van der Waals surface area contributed by atoms with Crippen LogP contribution >= 0.6 is 0 Å². The molecule has 1 aromatic rings. The summed E-state index contributed by atoms with van der Waals surface area (Å²) in [6.07, 6.45) is 0.487. The summed E-state index contributed by atoms with van der Waals surface area (Å²) in [6.45, 7) is 3.10. The van der Waals surface area contributed by atoms with Crippen LogP contribution in [0.2, 0.25) is 0 Å². The number of nitrogens with one attached hydrogen (secondary N) is 2. The zero-order valence-corrected chi connectivity index (χ0v) is 10.7. The summed E-state index contributed by atoms with van der Waals surface area (Å²) < 4.78 is 0. The molecule has 19 heavy (non-hydrogen) atoms. The van der Waals surface area contributed by atoms with Gasteiger partial charge in [0.2, 0.25) is 11.8 Å². The first kappa shape index (κ1) is 14.6. The Morgan fingerprint density at radius 1 is 1.26 bits per heavy atom. The summed E-state index contributed by atoms with van der Waals surface area (Å²) in [5, 5.41) is 15.9. The van der Waals surface area contributed by atoms with Gasteiger partial charge in [0.15, 0.2) is 0 Å². The van der Waals surface area contributed by atoms with Crippen molar-refractivity contribution in [2.75, 3.05) is 11.9 Å². The Labute approximate surface area is 110 Å². The monoisotopic (exact) mass is 265 g/mol. The average molecular weight is 265 g/mol. The second-order valence-corrected chi connectivity index (χ2v) is 4.02. The van der Waals surface area contributed by atoms with Crippen molar-refractivity contribution in [3.63, 3.8) is 0 Å². The van der Waals surface area contributed by atoms with Gasteiger partial charge in [0.05, 0.1) is 4.92 Å². The van der Waals surface area contributed by atoms with E-state index >= 15 is 0 Å². The van der Waals surface area contributed by atoms with Crippen LogP contribution in [0.1, 0.15) is 19.4 Å². The summed E-state index contributed by atoms with van der Waals surface area (Å²) in [7, 11) is 0. The number of anilines is 1. The van der Waals surface area contributed by atoms with E-state index in [9.17, 15) is 19.7 Å². The van der Waals surface area contributed by atoms with Crippen molar-refractivity contribution in [3.05, 3.63) is 33.9 Å². The van der Waals surface area contributed by atoms with Gasteiger partial charge in [-0.1, -0.05) is 6.07 Å². The molecule has 0 aromatic heterocycles. The summed E-state index contributed by atoms with van der Waals surface area (Å²) in [4.78, 5) is 32.0. The molecule has 0 bridgehead atoms. The van der Waals surface area contributed by atoms with Gasteiger partial charge in [0, 0.05) is 26.5 Å². The fourth-order valence-corrected chi connectivity index (χ4v) is 1.56. The van der Waals surface area contributed by atoms with E-state index in [-0.39, 0.29) is 23.2 Å². The lowest BCUT2D eigenvalue weighted by Crippen LogP contribution is -2.22. The van der Waals surface area contributed by atoms with Crippen LogP contribution in [0.25, 0.3) is 0 Å². The molecular weight excluding hydrogens is 250 g/mol. The molecule has 7 heteroatoms. The van der Waals surface area contributed by atoms with Gasteiger partial charge in [-0.25, -0.2) is 0 Å². The van der Waals surface area contributed by atoms with Gasteiger partial charge in [-0.3, -0.25) is 19.7 Å². The van der Waals surface area contributed by atoms with Gasteiger partial charge in [-0.05, 0) is 18.1 Å². The van der Waals surface area contributed by atoms with Crippen molar-refractivity contribution in [3.8, 4) is 0 Å². The van der Waals surface area contributed by atoms with Crippen molar-refractivity contribution in [2.45, 2.75) is 20.3 Å². The molecular formula is C12H15N3O4. The number of carbonyl (C=O) groups excluding carboxylic acids is 2. The van der Waals surface area contributed by atoms with Crippen LogP contribution in [0.5, 0.6) is 0 Å². The SMILES string of the molecule is CC(=O)NCCc1ccc(NC(C)=O)c([N+](=O)[O-])c1. The normalized spacial score (nSPS) is 9.79. The van der Waals surface area contributed by atoms with E-state index in [1.165, 1.54) is 26.0 Å². The minimum absolute atomic E-state index is 0.149. The van der Waals surface area contributed by atoms with E-state index < -0.39 is 4.92 Å². The van der Waals surface area contributed by atoms with Gasteiger partial charge in [0.25, 0.3) is 5.69 Å². The third-order valence-corrected chi connectivity index (χ3v) is 2.36. The number of benzene rings is 1. The zero-order valence-electron chi connectivity index (χ0n) is 10.7. The number of amides is 2. The van der Waals surface area contributed by atoms with Crippen LogP contribution in [0.4, 0.5) is 11.4 Å². The third kappa shape index (κ3) is 4.74. The van der Waals surface area contributed by atoms with Gasteiger partial charge in [-0.15, -0.1) is 0 Å². The second-order valence-electron chi connectivity index (χ2n) is 4.02. The van der Waals surface area contributed by atoms with E-state index in [1.54, 1.807) is 6.07 Å². The molecule has 0 atom stereocenters. The Kier molecular flexibility index (Phi) is 4.99. The van der Waals surface area contributed by atoms with Gasteiger partial charge >= 0.3 is 0 Å². The largest absolute Gasteiger partial charge is 0.356 e. The van der Waals surface area contributed by atoms with Crippen molar-refractivity contribution in [2.24, 2.45) is 0 Å². The van der Waals surface area contributed by atoms with E-state index in [4.69, 9.17) is 0 Å². The van der Waals surface area contributed by atoms with Crippen LogP contribution < -0.4 is 10.6 Å². The van der Waals surface area contributed by atoms with Crippen molar-refractivity contribution in [1.29, 1.82) is 0 Å². The fraction of sp³-hybridized carbons (Fsp3) is 0.333. The van der Waals surface area contributed by atoms with E-state index in [0.717, 1.165) is 5.56 Å². The Morgan fingerprint density at radius 3 is 2.47 bits per heavy atom. The molecule has 1 aromatic carbocycles. The van der Waals surface area contributed by atoms with Crippen LogP contribution in [-0.4, -0.2) is 23.3 Å². The first-order chi connectivity index (χ1) is 8.90. The highest BCUT2D eigenvalue weighted by atomic mass is 16.6. The van der Waals surface area contributed by atoms with Crippen LogP contribution in [0.15, 0.2) is 18.2 Å². The Morgan fingerprint density at radius 2 is 1.95 bits per heavy atom. The number of nitro benzene ring substituents is 1. The minimum Gasteiger partial charge on any atom is -0.356 e. The number of carbonyl (C=O) groups is 2. The highest BCUT2D eigenvalue weighted by molar-refractivity contribution is 5.91. The molecule has 0 fully saturated rings. The number of hydrogen-bond donors (Lipinski definition) is 2. The molecule has 0 aliphatic rings. The zero-order chi connectivity index (χ0) is 14.4. The minimum atomic E-state index is -0.548. The molecule has 2 amide bonds. The quantitative estimate of drug-likeness (QED) is 0.617. The smallest absolute Gasteiger partial charge is 0.293 e. The Bertz CT molecular complexity index is 514. The van der Waals surface area contributed by atoms with Crippen molar-refractivity contribution < 1.29 is 14.5 Å². The van der Waals surface area contributed by atoms with E-state index in [2.05, 4.69) is 10.6 Å². The maximum Gasteiger partial charge on any atom is 0.293 e. The third-order valence-electron chi connectivity index (χ3n) is 2.36. The van der Waals surface area contributed by atoms with Crippen molar-refractivity contribution in [1.82, 2.24) is 5.32 Å². The molecule has 0 spiro atoms. The van der Waals surface area contributed by atoms with Crippen LogP contribution in [-0.2, 0) is 16.0 Å². The highest BCUT2D eigenvalue weighted by Crippen LogP contribution is 2.25. The van der Waals surface area contributed by atoms with Crippen molar-refractivity contribution >= 4 is 23.2 Å². The second kappa shape index (κ2) is 6.48. The molecule has 0 aliphatic carbocycles. The lowest BCUT2D eigenvalue weighted by atomic mass is 10.1. The predicted molar refractivity (Wildman–Crippen MR) is 69.8 cm³/mol. The molecule has 0 unspecified atom stereocenters. The summed E-state index contributed by atoms with van der Waals surface area (Å²) in [6, 6.07) is 4.57. The molecule has 0 aliphatic heterocycles. The summed E-state index contributed by atoms with van der Waals surface area (Å²) >= 11 is 0. The maximum atomic E-state index is 10.9. The van der Waals surface area contributed by atoms with E-state index in [0.29, 0.717) is 13.0 Å². The molecule has 1 rings (SSSR count). The lowest BCUT2D eigenvalue weighted by molar-refractivity contribution is -0.384. The average Bonchev–Trinajstić information content (AvgIpc) is 2.29. The molecule has 2 N–H and O–H groups in total. The lowest BCUT2D eigenvalue weighted by Gasteiger charge is -2.06. The topological polar surface area (TPSA) is 101 Å². The van der Waals surface area contributed by atoms with Gasteiger partial charge < -0.3 is 10.6 Å². The molecule has 7 nitrogen and oxygen atoms in total. The van der Waals surface area contributed by atoms with Gasteiger partial charge in [-0.2, -0.15) is 0 Å².